The monoisotopic (exact) mass is 213 g/mol. The minimum Gasteiger partial charge on any atom is -0.346 e. The summed E-state index contributed by atoms with van der Waals surface area (Å²) in [6.45, 7) is 8.43. The first-order valence-electron chi connectivity index (χ1n) is 5.04. The minimum atomic E-state index is 0.522. The Labute approximate surface area is 90.2 Å². The van der Waals surface area contributed by atoms with Crippen molar-refractivity contribution >= 4 is 16.5 Å². The molecule has 80 valence electrons. The molecule has 0 aliphatic heterocycles. The number of thiazole rings is 1. The summed E-state index contributed by atoms with van der Waals surface area (Å²) in [5.74, 6) is 0. The van der Waals surface area contributed by atoms with E-state index >= 15 is 0 Å². The van der Waals surface area contributed by atoms with Crippen LogP contribution < -0.4 is 10.2 Å². The van der Waals surface area contributed by atoms with Crippen LogP contribution in [0.2, 0.25) is 0 Å². The van der Waals surface area contributed by atoms with Gasteiger partial charge in [-0.05, 0) is 27.8 Å². The van der Waals surface area contributed by atoms with Gasteiger partial charge >= 0.3 is 0 Å². The van der Waals surface area contributed by atoms with Gasteiger partial charge in [-0.2, -0.15) is 0 Å². The molecule has 0 saturated heterocycles. The van der Waals surface area contributed by atoms with E-state index in [0.717, 1.165) is 23.9 Å². The zero-order valence-corrected chi connectivity index (χ0v) is 10.2. The number of nitrogens with zero attached hydrogens (tertiary/aromatic N) is 2. The summed E-state index contributed by atoms with van der Waals surface area (Å²) in [5, 5.41) is 6.36. The molecule has 14 heavy (non-hydrogen) atoms. The van der Waals surface area contributed by atoms with Gasteiger partial charge in [0.15, 0.2) is 5.13 Å². The summed E-state index contributed by atoms with van der Waals surface area (Å²) in [7, 11) is 1.94. The Balaban J connectivity index is 2.73. The molecule has 0 amide bonds. The lowest BCUT2D eigenvalue weighted by Crippen LogP contribution is -2.30. The van der Waals surface area contributed by atoms with Gasteiger partial charge in [-0.25, -0.2) is 4.98 Å². The molecule has 0 radical (unpaired) electrons. The molecule has 0 bridgehead atoms. The third-order valence-corrected chi connectivity index (χ3v) is 3.03. The third-order valence-electron chi connectivity index (χ3n) is 2.11. The normalized spacial score (nSPS) is 10.9. The fourth-order valence-electron chi connectivity index (χ4n) is 1.41. The standard InChI is InChI=1S/C10H19N3S/c1-5-13(8(2)3)10-12-9(6-11-4)7-14-10/h7-8,11H,5-6H2,1-4H3. The first-order chi connectivity index (χ1) is 6.69. The Morgan fingerprint density at radius 2 is 2.29 bits per heavy atom. The van der Waals surface area contributed by atoms with Crippen molar-refractivity contribution in [3.05, 3.63) is 11.1 Å². The van der Waals surface area contributed by atoms with Crippen LogP contribution in [-0.4, -0.2) is 24.6 Å². The lowest BCUT2D eigenvalue weighted by atomic mass is 10.3. The average molecular weight is 213 g/mol. The van der Waals surface area contributed by atoms with Crippen LogP contribution in [0.3, 0.4) is 0 Å². The highest BCUT2D eigenvalue weighted by atomic mass is 32.1. The average Bonchev–Trinajstić information content (AvgIpc) is 2.54. The zero-order valence-electron chi connectivity index (χ0n) is 9.37. The summed E-state index contributed by atoms with van der Waals surface area (Å²) >= 11 is 1.73. The molecule has 0 fully saturated rings. The van der Waals surface area contributed by atoms with Gasteiger partial charge in [-0.3, -0.25) is 0 Å². The predicted molar refractivity (Wildman–Crippen MR) is 63.0 cm³/mol. The predicted octanol–water partition coefficient (Wildman–Crippen LogP) is 2.10. The van der Waals surface area contributed by atoms with Crippen molar-refractivity contribution in [3.8, 4) is 0 Å². The molecule has 1 aromatic rings. The lowest BCUT2D eigenvalue weighted by molar-refractivity contribution is 0.697. The fraction of sp³-hybridized carbons (Fsp3) is 0.700. The molecule has 1 heterocycles. The van der Waals surface area contributed by atoms with Crippen molar-refractivity contribution in [2.75, 3.05) is 18.5 Å². The summed E-state index contributed by atoms with van der Waals surface area (Å²) in [5.41, 5.74) is 1.13. The first kappa shape index (κ1) is 11.5. The van der Waals surface area contributed by atoms with Crippen LogP contribution in [0.25, 0.3) is 0 Å². The smallest absolute Gasteiger partial charge is 0.185 e. The molecule has 0 aliphatic rings. The molecular formula is C10H19N3S. The van der Waals surface area contributed by atoms with Crippen molar-refractivity contribution < 1.29 is 0 Å². The van der Waals surface area contributed by atoms with Gasteiger partial charge in [0, 0.05) is 24.5 Å². The Morgan fingerprint density at radius 3 is 2.79 bits per heavy atom. The lowest BCUT2D eigenvalue weighted by Gasteiger charge is -2.24. The molecule has 0 unspecified atom stereocenters. The van der Waals surface area contributed by atoms with Crippen LogP contribution in [0.15, 0.2) is 5.38 Å². The van der Waals surface area contributed by atoms with E-state index in [1.54, 1.807) is 11.3 Å². The van der Waals surface area contributed by atoms with Crippen molar-refractivity contribution in [2.45, 2.75) is 33.4 Å². The molecule has 1 rings (SSSR count). The quantitative estimate of drug-likeness (QED) is 0.812. The molecule has 0 aliphatic carbocycles. The number of nitrogens with one attached hydrogen (secondary N) is 1. The summed E-state index contributed by atoms with van der Waals surface area (Å²) in [4.78, 5) is 6.88. The van der Waals surface area contributed by atoms with Crippen molar-refractivity contribution in [1.82, 2.24) is 10.3 Å². The molecule has 1 aromatic heterocycles. The summed E-state index contributed by atoms with van der Waals surface area (Å²) in [6.07, 6.45) is 0. The van der Waals surface area contributed by atoms with Crippen LogP contribution >= 0.6 is 11.3 Å². The molecule has 0 atom stereocenters. The number of hydrogen-bond acceptors (Lipinski definition) is 4. The molecule has 1 N–H and O–H groups in total. The number of aromatic nitrogens is 1. The van der Waals surface area contributed by atoms with Gasteiger partial charge in [0.05, 0.1) is 5.69 Å². The second-order valence-corrected chi connectivity index (χ2v) is 4.37. The van der Waals surface area contributed by atoms with Crippen molar-refractivity contribution in [2.24, 2.45) is 0 Å². The van der Waals surface area contributed by atoms with Gasteiger partial charge < -0.3 is 10.2 Å². The van der Waals surface area contributed by atoms with E-state index < -0.39 is 0 Å². The molecule has 4 heteroatoms. The topological polar surface area (TPSA) is 28.2 Å². The number of hydrogen-bond donors (Lipinski definition) is 1. The van der Waals surface area contributed by atoms with Crippen LogP contribution in [0.5, 0.6) is 0 Å². The van der Waals surface area contributed by atoms with E-state index in [2.05, 4.69) is 41.4 Å². The van der Waals surface area contributed by atoms with E-state index in [9.17, 15) is 0 Å². The van der Waals surface area contributed by atoms with Crippen LogP contribution in [-0.2, 0) is 6.54 Å². The Hall–Kier alpha value is -0.610. The van der Waals surface area contributed by atoms with Crippen LogP contribution in [0.1, 0.15) is 26.5 Å². The maximum atomic E-state index is 4.57. The molecule has 3 nitrogen and oxygen atoms in total. The van der Waals surface area contributed by atoms with Crippen LogP contribution in [0, 0.1) is 0 Å². The highest BCUT2D eigenvalue weighted by Gasteiger charge is 2.11. The minimum absolute atomic E-state index is 0.522. The number of anilines is 1. The largest absolute Gasteiger partial charge is 0.346 e. The Bertz CT molecular complexity index is 270. The Kier molecular flexibility index (Phi) is 4.35. The van der Waals surface area contributed by atoms with Crippen molar-refractivity contribution in [3.63, 3.8) is 0 Å². The summed E-state index contributed by atoms with van der Waals surface area (Å²) in [6, 6.07) is 0.522. The fourth-order valence-corrected chi connectivity index (χ4v) is 2.43. The number of rotatable bonds is 5. The Morgan fingerprint density at radius 1 is 1.57 bits per heavy atom. The van der Waals surface area contributed by atoms with Crippen molar-refractivity contribution in [1.29, 1.82) is 0 Å². The SMILES string of the molecule is CCN(c1nc(CNC)cs1)C(C)C. The van der Waals surface area contributed by atoms with Crippen LogP contribution in [0.4, 0.5) is 5.13 Å². The maximum absolute atomic E-state index is 4.57. The van der Waals surface area contributed by atoms with Gasteiger partial charge in [0.2, 0.25) is 0 Å². The molecule has 0 saturated carbocycles. The highest BCUT2D eigenvalue weighted by molar-refractivity contribution is 7.13. The van der Waals surface area contributed by atoms with Gasteiger partial charge in [0.1, 0.15) is 0 Å². The van der Waals surface area contributed by atoms with E-state index in [4.69, 9.17) is 0 Å². The van der Waals surface area contributed by atoms with E-state index in [1.165, 1.54) is 0 Å². The van der Waals surface area contributed by atoms with E-state index in [-0.39, 0.29) is 0 Å². The highest BCUT2D eigenvalue weighted by Crippen LogP contribution is 2.22. The molecular weight excluding hydrogens is 194 g/mol. The maximum Gasteiger partial charge on any atom is 0.185 e. The van der Waals surface area contributed by atoms with Gasteiger partial charge in [-0.1, -0.05) is 0 Å². The second kappa shape index (κ2) is 5.32. The zero-order chi connectivity index (χ0) is 10.6. The van der Waals surface area contributed by atoms with Gasteiger partial charge in [-0.15, -0.1) is 11.3 Å². The third kappa shape index (κ3) is 2.69. The molecule has 0 aromatic carbocycles. The summed E-state index contributed by atoms with van der Waals surface area (Å²) < 4.78 is 0. The second-order valence-electron chi connectivity index (χ2n) is 3.53. The van der Waals surface area contributed by atoms with Gasteiger partial charge in [0.25, 0.3) is 0 Å². The molecule has 0 spiro atoms. The first-order valence-corrected chi connectivity index (χ1v) is 5.92. The van der Waals surface area contributed by atoms with E-state index in [1.807, 2.05) is 7.05 Å². The van der Waals surface area contributed by atoms with E-state index in [0.29, 0.717) is 6.04 Å².